The minimum Gasteiger partial charge on any atom is -0.398 e. The van der Waals surface area contributed by atoms with E-state index in [0.717, 1.165) is 11.3 Å². The van der Waals surface area contributed by atoms with Gasteiger partial charge in [-0.25, -0.2) is 0 Å². The van der Waals surface area contributed by atoms with Gasteiger partial charge in [0.25, 0.3) is 0 Å². The lowest BCUT2D eigenvalue weighted by Gasteiger charge is -2.11. The van der Waals surface area contributed by atoms with Crippen LogP contribution in [-0.2, 0) is 4.79 Å². The molecular weight excluding hydrogens is 226 g/mol. The number of nitrogens with one attached hydrogen (secondary N) is 2. The van der Waals surface area contributed by atoms with Crippen LogP contribution in [0.1, 0.15) is 12.5 Å². The van der Waals surface area contributed by atoms with E-state index in [-0.39, 0.29) is 5.91 Å². The summed E-state index contributed by atoms with van der Waals surface area (Å²) in [6.45, 7) is 4.68. The van der Waals surface area contributed by atoms with Gasteiger partial charge in [-0.1, -0.05) is 11.6 Å². The fourth-order valence-corrected chi connectivity index (χ4v) is 1.49. The Kier molecular flexibility index (Phi) is 4.43. The Morgan fingerprint density at radius 3 is 2.75 bits per heavy atom. The molecule has 1 rings (SSSR count). The number of benzene rings is 1. The molecule has 0 spiro atoms. The molecule has 88 valence electrons. The van der Waals surface area contributed by atoms with Crippen LogP contribution in [-0.4, -0.2) is 19.0 Å². The molecule has 0 saturated carbocycles. The number of nitrogen functional groups attached to an aromatic ring is 1. The van der Waals surface area contributed by atoms with E-state index in [9.17, 15) is 4.79 Å². The largest absolute Gasteiger partial charge is 0.398 e. The fraction of sp³-hybridized carbons (Fsp3) is 0.364. The van der Waals surface area contributed by atoms with Gasteiger partial charge in [0.2, 0.25) is 5.91 Å². The lowest BCUT2D eigenvalue weighted by Crippen LogP contribution is -2.26. The fourth-order valence-electron chi connectivity index (χ4n) is 1.33. The van der Waals surface area contributed by atoms with E-state index >= 15 is 0 Å². The molecule has 0 aliphatic rings. The molecule has 0 aliphatic heterocycles. The molecule has 1 amide bonds. The molecule has 4 nitrogen and oxygen atoms in total. The van der Waals surface area contributed by atoms with Crippen molar-refractivity contribution in [1.82, 2.24) is 5.32 Å². The van der Waals surface area contributed by atoms with Gasteiger partial charge >= 0.3 is 0 Å². The minimum atomic E-state index is -0.0335. The Balaban J connectivity index is 2.54. The average molecular weight is 242 g/mol. The minimum absolute atomic E-state index is 0.0335. The molecule has 5 heteroatoms. The Hall–Kier alpha value is -1.42. The lowest BCUT2D eigenvalue weighted by molar-refractivity contribution is -0.118. The van der Waals surface area contributed by atoms with Crippen LogP contribution in [0.3, 0.4) is 0 Å². The maximum absolute atomic E-state index is 10.6. The second-order valence-electron chi connectivity index (χ2n) is 3.60. The number of halogens is 1. The van der Waals surface area contributed by atoms with E-state index < -0.39 is 0 Å². The van der Waals surface area contributed by atoms with Crippen LogP contribution in [0.25, 0.3) is 0 Å². The van der Waals surface area contributed by atoms with Crippen molar-refractivity contribution < 1.29 is 4.79 Å². The van der Waals surface area contributed by atoms with Crippen molar-refractivity contribution in [2.75, 3.05) is 24.1 Å². The molecule has 0 unspecified atom stereocenters. The van der Waals surface area contributed by atoms with Crippen molar-refractivity contribution in [3.05, 3.63) is 22.7 Å². The number of aryl methyl sites for hydroxylation is 1. The van der Waals surface area contributed by atoms with E-state index in [4.69, 9.17) is 17.3 Å². The highest BCUT2D eigenvalue weighted by atomic mass is 35.5. The quantitative estimate of drug-likeness (QED) is 0.556. The zero-order chi connectivity index (χ0) is 12.1. The Morgan fingerprint density at radius 2 is 2.12 bits per heavy atom. The smallest absolute Gasteiger partial charge is 0.216 e. The van der Waals surface area contributed by atoms with Crippen LogP contribution in [0.5, 0.6) is 0 Å². The molecule has 0 bridgehead atoms. The van der Waals surface area contributed by atoms with Crippen LogP contribution < -0.4 is 16.4 Å². The Bertz CT molecular complexity index is 393. The molecular formula is C11H16ClN3O. The molecule has 0 atom stereocenters. The van der Waals surface area contributed by atoms with Gasteiger partial charge in [-0.15, -0.1) is 0 Å². The van der Waals surface area contributed by atoms with Crippen LogP contribution in [0, 0.1) is 6.92 Å². The molecule has 0 radical (unpaired) electrons. The van der Waals surface area contributed by atoms with Crippen LogP contribution in [0.4, 0.5) is 11.4 Å². The summed E-state index contributed by atoms with van der Waals surface area (Å²) in [7, 11) is 0. The summed E-state index contributed by atoms with van der Waals surface area (Å²) in [6, 6.07) is 3.61. The molecule has 0 saturated heterocycles. The summed E-state index contributed by atoms with van der Waals surface area (Å²) in [4.78, 5) is 10.6. The van der Waals surface area contributed by atoms with E-state index in [1.165, 1.54) is 6.92 Å². The van der Waals surface area contributed by atoms with Crippen molar-refractivity contribution in [2.45, 2.75) is 13.8 Å². The van der Waals surface area contributed by atoms with Crippen molar-refractivity contribution in [3.63, 3.8) is 0 Å². The van der Waals surface area contributed by atoms with Crippen molar-refractivity contribution in [1.29, 1.82) is 0 Å². The summed E-state index contributed by atoms with van der Waals surface area (Å²) in [5.41, 5.74) is 8.21. The first kappa shape index (κ1) is 12.6. The topological polar surface area (TPSA) is 67.2 Å². The molecule has 0 heterocycles. The number of nitrogens with two attached hydrogens (primary N) is 1. The maximum Gasteiger partial charge on any atom is 0.216 e. The van der Waals surface area contributed by atoms with Crippen molar-refractivity contribution >= 4 is 28.9 Å². The third-order valence-electron chi connectivity index (χ3n) is 2.16. The van der Waals surface area contributed by atoms with E-state index in [1.54, 1.807) is 6.07 Å². The number of hydrogen-bond donors (Lipinski definition) is 3. The van der Waals surface area contributed by atoms with E-state index in [1.807, 2.05) is 13.0 Å². The summed E-state index contributed by atoms with van der Waals surface area (Å²) < 4.78 is 0. The molecule has 16 heavy (non-hydrogen) atoms. The summed E-state index contributed by atoms with van der Waals surface area (Å²) in [5.74, 6) is -0.0335. The molecule has 4 N–H and O–H groups in total. The lowest BCUT2D eigenvalue weighted by atomic mass is 10.2. The monoisotopic (exact) mass is 241 g/mol. The van der Waals surface area contributed by atoms with Crippen LogP contribution in [0.2, 0.25) is 5.02 Å². The predicted molar refractivity (Wildman–Crippen MR) is 67.8 cm³/mol. The van der Waals surface area contributed by atoms with Crippen molar-refractivity contribution in [2.24, 2.45) is 0 Å². The highest BCUT2D eigenvalue weighted by Gasteiger charge is 2.02. The SMILES string of the molecule is CC(=O)NCCNc1cc(Cl)c(N)cc1C. The van der Waals surface area contributed by atoms with Gasteiger partial charge in [-0.2, -0.15) is 0 Å². The molecule has 1 aromatic rings. The zero-order valence-corrected chi connectivity index (χ0v) is 10.2. The van der Waals surface area contributed by atoms with Gasteiger partial charge < -0.3 is 16.4 Å². The number of carbonyl (C=O) groups is 1. The first-order valence-electron chi connectivity index (χ1n) is 5.04. The number of hydrogen-bond acceptors (Lipinski definition) is 3. The summed E-state index contributed by atoms with van der Waals surface area (Å²) >= 11 is 5.91. The first-order chi connectivity index (χ1) is 7.50. The summed E-state index contributed by atoms with van der Waals surface area (Å²) in [5, 5.41) is 6.42. The van der Waals surface area contributed by atoms with Crippen LogP contribution >= 0.6 is 11.6 Å². The normalized spacial score (nSPS) is 9.94. The van der Waals surface area contributed by atoms with Crippen molar-refractivity contribution in [3.8, 4) is 0 Å². The second kappa shape index (κ2) is 5.61. The zero-order valence-electron chi connectivity index (χ0n) is 9.43. The molecule has 0 aliphatic carbocycles. The predicted octanol–water partition coefficient (Wildman–Crippen LogP) is 1.78. The van der Waals surface area contributed by atoms with Gasteiger partial charge in [0, 0.05) is 25.7 Å². The number of anilines is 2. The maximum atomic E-state index is 10.6. The average Bonchev–Trinajstić information content (AvgIpc) is 2.19. The van der Waals surface area contributed by atoms with Gasteiger partial charge in [-0.3, -0.25) is 4.79 Å². The number of rotatable bonds is 4. The van der Waals surface area contributed by atoms with Gasteiger partial charge in [0.05, 0.1) is 10.7 Å². The highest BCUT2D eigenvalue weighted by Crippen LogP contribution is 2.26. The van der Waals surface area contributed by atoms with Gasteiger partial charge in [-0.05, 0) is 24.6 Å². The highest BCUT2D eigenvalue weighted by molar-refractivity contribution is 6.33. The third kappa shape index (κ3) is 3.62. The Labute approximate surface area is 100 Å². The first-order valence-corrected chi connectivity index (χ1v) is 5.42. The Morgan fingerprint density at radius 1 is 1.44 bits per heavy atom. The number of carbonyl (C=O) groups excluding carboxylic acids is 1. The third-order valence-corrected chi connectivity index (χ3v) is 2.49. The van der Waals surface area contributed by atoms with E-state index in [2.05, 4.69) is 10.6 Å². The summed E-state index contributed by atoms with van der Waals surface area (Å²) in [6.07, 6.45) is 0. The van der Waals surface area contributed by atoms with Gasteiger partial charge in [0.1, 0.15) is 0 Å². The molecule has 1 aromatic carbocycles. The van der Waals surface area contributed by atoms with Crippen LogP contribution in [0.15, 0.2) is 12.1 Å². The number of amides is 1. The van der Waals surface area contributed by atoms with Gasteiger partial charge in [0.15, 0.2) is 0 Å². The molecule has 0 aromatic heterocycles. The van der Waals surface area contributed by atoms with E-state index in [0.29, 0.717) is 23.8 Å². The standard InChI is InChI=1S/C11H16ClN3O/c1-7-5-10(13)9(12)6-11(7)15-4-3-14-8(2)16/h5-6,15H,3-4,13H2,1-2H3,(H,14,16). The molecule has 0 fully saturated rings. The second-order valence-corrected chi connectivity index (χ2v) is 4.01.